The third-order valence-corrected chi connectivity index (χ3v) is 3.36. The second-order valence-corrected chi connectivity index (χ2v) is 4.52. The number of hydrogen-bond donors (Lipinski definition) is 0. The number of rotatable bonds is 2. The van der Waals surface area contributed by atoms with Crippen LogP contribution in [0.1, 0.15) is 18.4 Å². The van der Waals surface area contributed by atoms with Crippen LogP contribution in [0.25, 0.3) is 11.0 Å². The molecule has 0 spiro atoms. The van der Waals surface area contributed by atoms with E-state index in [1.165, 1.54) is 0 Å². The van der Waals surface area contributed by atoms with E-state index in [0.29, 0.717) is 6.42 Å². The van der Waals surface area contributed by atoms with Gasteiger partial charge >= 0.3 is 0 Å². The van der Waals surface area contributed by atoms with E-state index in [9.17, 15) is 4.79 Å². The molecule has 3 heteroatoms. The molecule has 1 aromatic carbocycles. The summed E-state index contributed by atoms with van der Waals surface area (Å²) < 4.78 is 5.44. The summed E-state index contributed by atoms with van der Waals surface area (Å²) in [7, 11) is 0. The standard InChI is InChI=1S/C14H15NO2/c16-14(15-7-3-4-8-15)9-11-10-17-13-6-2-1-5-12(11)13/h1-2,5-6,10H,3-4,7-9H2. The minimum Gasteiger partial charge on any atom is -0.464 e. The Kier molecular flexibility index (Phi) is 2.59. The number of carbonyl (C=O) groups excluding carboxylic acids is 1. The molecule has 1 amide bonds. The van der Waals surface area contributed by atoms with Crippen molar-refractivity contribution in [3.8, 4) is 0 Å². The summed E-state index contributed by atoms with van der Waals surface area (Å²) in [5.41, 5.74) is 1.86. The van der Waals surface area contributed by atoms with E-state index in [1.54, 1.807) is 6.26 Å². The number of para-hydroxylation sites is 1. The molecule has 0 N–H and O–H groups in total. The van der Waals surface area contributed by atoms with Crippen molar-refractivity contribution in [2.75, 3.05) is 13.1 Å². The molecule has 0 unspecified atom stereocenters. The first-order chi connectivity index (χ1) is 8.34. The molecular formula is C14H15NO2. The third-order valence-electron chi connectivity index (χ3n) is 3.36. The molecule has 1 saturated heterocycles. The van der Waals surface area contributed by atoms with Gasteiger partial charge in [0.05, 0.1) is 12.7 Å². The van der Waals surface area contributed by atoms with Crippen molar-refractivity contribution in [2.24, 2.45) is 0 Å². The molecule has 88 valence electrons. The normalized spacial score (nSPS) is 15.6. The Morgan fingerprint density at radius 3 is 2.82 bits per heavy atom. The monoisotopic (exact) mass is 229 g/mol. The molecule has 0 aliphatic carbocycles. The van der Waals surface area contributed by atoms with Gasteiger partial charge in [0, 0.05) is 24.0 Å². The number of amides is 1. The number of nitrogens with zero attached hydrogens (tertiary/aromatic N) is 1. The van der Waals surface area contributed by atoms with Crippen LogP contribution in [-0.2, 0) is 11.2 Å². The molecule has 1 aliphatic rings. The fourth-order valence-corrected chi connectivity index (χ4v) is 2.41. The maximum absolute atomic E-state index is 12.0. The van der Waals surface area contributed by atoms with Gasteiger partial charge in [-0.1, -0.05) is 18.2 Å². The summed E-state index contributed by atoms with van der Waals surface area (Å²) in [6.07, 6.45) is 4.44. The smallest absolute Gasteiger partial charge is 0.227 e. The summed E-state index contributed by atoms with van der Waals surface area (Å²) >= 11 is 0. The molecule has 1 aromatic heterocycles. The van der Waals surface area contributed by atoms with E-state index >= 15 is 0 Å². The molecule has 17 heavy (non-hydrogen) atoms. The van der Waals surface area contributed by atoms with Gasteiger partial charge in [-0.05, 0) is 18.9 Å². The predicted octanol–water partition coefficient (Wildman–Crippen LogP) is 2.60. The highest BCUT2D eigenvalue weighted by molar-refractivity contribution is 5.87. The van der Waals surface area contributed by atoms with Crippen LogP contribution in [0.4, 0.5) is 0 Å². The number of furan rings is 1. The Morgan fingerprint density at radius 2 is 2.00 bits per heavy atom. The van der Waals surface area contributed by atoms with Gasteiger partial charge in [0.15, 0.2) is 0 Å². The van der Waals surface area contributed by atoms with Crippen LogP contribution >= 0.6 is 0 Å². The van der Waals surface area contributed by atoms with Crippen molar-refractivity contribution in [1.82, 2.24) is 4.90 Å². The summed E-state index contributed by atoms with van der Waals surface area (Å²) in [4.78, 5) is 14.0. The van der Waals surface area contributed by atoms with Gasteiger partial charge in [0.25, 0.3) is 0 Å². The molecule has 2 aromatic rings. The number of benzene rings is 1. The van der Waals surface area contributed by atoms with Crippen molar-refractivity contribution in [3.05, 3.63) is 36.1 Å². The number of carbonyl (C=O) groups is 1. The van der Waals surface area contributed by atoms with Crippen molar-refractivity contribution in [2.45, 2.75) is 19.3 Å². The second kappa shape index (κ2) is 4.24. The lowest BCUT2D eigenvalue weighted by Gasteiger charge is -2.14. The first kappa shape index (κ1) is 10.4. The zero-order valence-electron chi connectivity index (χ0n) is 9.69. The van der Waals surface area contributed by atoms with E-state index in [1.807, 2.05) is 29.2 Å². The highest BCUT2D eigenvalue weighted by Gasteiger charge is 2.19. The predicted molar refractivity (Wildman–Crippen MR) is 65.7 cm³/mol. The van der Waals surface area contributed by atoms with Crippen molar-refractivity contribution >= 4 is 16.9 Å². The van der Waals surface area contributed by atoms with Crippen molar-refractivity contribution in [3.63, 3.8) is 0 Å². The lowest BCUT2D eigenvalue weighted by atomic mass is 10.1. The molecule has 1 fully saturated rings. The number of hydrogen-bond acceptors (Lipinski definition) is 2. The van der Waals surface area contributed by atoms with Crippen molar-refractivity contribution < 1.29 is 9.21 Å². The van der Waals surface area contributed by atoms with Crippen LogP contribution in [0, 0.1) is 0 Å². The van der Waals surface area contributed by atoms with Crippen LogP contribution in [0.5, 0.6) is 0 Å². The van der Waals surface area contributed by atoms with Gasteiger partial charge < -0.3 is 9.32 Å². The van der Waals surface area contributed by atoms with E-state index in [2.05, 4.69) is 0 Å². The van der Waals surface area contributed by atoms with Crippen LogP contribution < -0.4 is 0 Å². The fourth-order valence-electron chi connectivity index (χ4n) is 2.41. The fraction of sp³-hybridized carbons (Fsp3) is 0.357. The molecule has 2 heterocycles. The second-order valence-electron chi connectivity index (χ2n) is 4.52. The quantitative estimate of drug-likeness (QED) is 0.793. The number of likely N-dealkylation sites (tertiary alicyclic amines) is 1. The van der Waals surface area contributed by atoms with Gasteiger partial charge in [-0.3, -0.25) is 4.79 Å². The molecule has 3 nitrogen and oxygen atoms in total. The first-order valence-electron chi connectivity index (χ1n) is 6.07. The average Bonchev–Trinajstić information content (AvgIpc) is 2.98. The Bertz CT molecular complexity index is 538. The average molecular weight is 229 g/mol. The Balaban J connectivity index is 1.82. The number of fused-ring (bicyclic) bond motifs is 1. The van der Waals surface area contributed by atoms with Crippen LogP contribution in [0.2, 0.25) is 0 Å². The highest BCUT2D eigenvalue weighted by Crippen LogP contribution is 2.22. The Labute approximate surface area is 100 Å². The van der Waals surface area contributed by atoms with Crippen LogP contribution in [-0.4, -0.2) is 23.9 Å². The molecule has 0 atom stereocenters. The summed E-state index contributed by atoms with van der Waals surface area (Å²) in [5.74, 6) is 0.217. The largest absolute Gasteiger partial charge is 0.464 e. The molecule has 1 aliphatic heterocycles. The lowest BCUT2D eigenvalue weighted by molar-refractivity contribution is -0.129. The van der Waals surface area contributed by atoms with Gasteiger partial charge in [0.2, 0.25) is 5.91 Å². The van der Waals surface area contributed by atoms with E-state index in [4.69, 9.17) is 4.42 Å². The maximum Gasteiger partial charge on any atom is 0.227 e. The van der Waals surface area contributed by atoms with Gasteiger partial charge in [-0.15, -0.1) is 0 Å². The van der Waals surface area contributed by atoms with Gasteiger partial charge in [-0.25, -0.2) is 0 Å². The van der Waals surface area contributed by atoms with Crippen LogP contribution in [0.15, 0.2) is 34.9 Å². The summed E-state index contributed by atoms with van der Waals surface area (Å²) in [6, 6.07) is 7.85. The molecular weight excluding hydrogens is 214 g/mol. The lowest BCUT2D eigenvalue weighted by Crippen LogP contribution is -2.28. The minimum atomic E-state index is 0.217. The summed E-state index contributed by atoms with van der Waals surface area (Å²) in [5, 5.41) is 1.06. The van der Waals surface area contributed by atoms with E-state index < -0.39 is 0 Å². The molecule has 0 bridgehead atoms. The molecule has 0 radical (unpaired) electrons. The Morgan fingerprint density at radius 1 is 1.24 bits per heavy atom. The highest BCUT2D eigenvalue weighted by atomic mass is 16.3. The SMILES string of the molecule is O=C(Cc1coc2ccccc12)N1CCCC1. The van der Waals surface area contributed by atoms with Gasteiger partial charge in [0.1, 0.15) is 5.58 Å². The zero-order valence-corrected chi connectivity index (χ0v) is 9.69. The Hall–Kier alpha value is -1.77. The maximum atomic E-state index is 12.0. The zero-order chi connectivity index (χ0) is 11.7. The third kappa shape index (κ3) is 1.93. The van der Waals surface area contributed by atoms with E-state index in [-0.39, 0.29) is 5.91 Å². The topological polar surface area (TPSA) is 33.5 Å². The molecule has 3 rings (SSSR count). The van der Waals surface area contributed by atoms with Crippen LogP contribution in [0.3, 0.4) is 0 Å². The first-order valence-corrected chi connectivity index (χ1v) is 6.07. The summed E-state index contributed by atoms with van der Waals surface area (Å²) in [6.45, 7) is 1.82. The molecule has 0 saturated carbocycles. The van der Waals surface area contributed by atoms with E-state index in [0.717, 1.165) is 42.5 Å². The minimum absolute atomic E-state index is 0.217. The van der Waals surface area contributed by atoms with Gasteiger partial charge in [-0.2, -0.15) is 0 Å². The van der Waals surface area contributed by atoms with Crippen molar-refractivity contribution in [1.29, 1.82) is 0 Å².